The molecular weight excluding hydrogens is 590 g/mol. The molecule has 1 aliphatic rings. The molecule has 228 valence electrons. The smallest absolute Gasteiger partial charge is 0.338 e. The minimum absolute atomic E-state index is 0.0231. The molecule has 5 rings (SSSR count). The van der Waals surface area contributed by atoms with Crippen LogP contribution in [0.2, 0.25) is 0 Å². The van der Waals surface area contributed by atoms with Crippen molar-refractivity contribution < 1.29 is 33.1 Å². The molecule has 0 bridgehead atoms. The Morgan fingerprint density at radius 2 is 1.91 bits per heavy atom. The molecule has 0 fully saturated rings. The van der Waals surface area contributed by atoms with Crippen molar-refractivity contribution in [1.29, 1.82) is 0 Å². The first-order chi connectivity index (χ1) is 21.3. The van der Waals surface area contributed by atoms with E-state index in [1.54, 1.807) is 55.5 Å². The van der Waals surface area contributed by atoms with Crippen LogP contribution < -0.4 is 24.4 Å². The first kappa shape index (κ1) is 30.4. The van der Waals surface area contributed by atoms with E-state index in [4.69, 9.17) is 23.4 Å². The molecule has 12 nitrogen and oxygen atoms in total. The summed E-state index contributed by atoms with van der Waals surface area (Å²) in [5.74, 6) is 1.08. The second-order valence-corrected chi connectivity index (χ2v) is 10.5. The molecule has 0 radical (unpaired) electrons. The minimum Gasteiger partial charge on any atom is -0.493 e. The maximum absolute atomic E-state index is 14.0. The summed E-state index contributed by atoms with van der Waals surface area (Å²) in [5.41, 5.74) is 1.33. The highest BCUT2D eigenvalue weighted by Gasteiger charge is 2.36. The van der Waals surface area contributed by atoms with Gasteiger partial charge in [0.05, 0.1) is 41.0 Å². The maximum Gasteiger partial charge on any atom is 0.338 e. The fraction of sp³-hybridized carbons (Fsp3) is 0.258. The average Bonchev–Trinajstić information content (AvgIpc) is 3.61. The number of non-ortho nitro benzene ring substituents is 1. The SMILES string of the molecule is CCOc1c(OC)cccc1[C@H]1C(C(=O)OCCOC)=C(C)N=c2s/c(=C/c3ccc(-c4ccc([N+](=O)[O-])cc4)o3)c(=O)n21. The number of aromatic nitrogens is 1. The van der Waals surface area contributed by atoms with Crippen molar-refractivity contribution >= 4 is 29.1 Å². The monoisotopic (exact) mass is 619 g/mol. The topological polar surface area (TPSA) is 145 Å². The van der Waals surface area contributed by atoms with Crippen molar-refractivity contribution in [2.24, 2.45) is 4.99 Å². The predicted molar refractivity (Wildman–Crippen MR) is 162 cm³/mol. The number of methoxy groups -OCH3 is 2. The van der Waals surface area contributed by atoms with Crippen molar-refractivity contribution in [2.75, 3.05) is 34.0 Å². The highest BCUT2D eigenvalue weighted by atomic mass is 32.1. The lowest BCUT2D eigenvalue weighted by molar-refractivity contribution is -0.384. The van der Waals surface area contributed by atoms with Gasteiger partial charge < -0.3 is 23.4 Å². The molecular formula is C31H29N3O9S. The van der Waals surface area contributed by atoms with Crippen LogP contribution in [0.3, 0.4) is 0 Å². The van der Waals surface area contributed by atoms with Gasteiger partial charge in [-0.3, -0.25) is 19.5 Å². The number of hydrogen-bond donors (Lipinski definition) is 0. The van der Waals surface area contributed by atoms with E-state index in [2.05, 4.69) is 4.99 Å². The Morgan fingerprint density at radius 3 is 2.59 bits per heavy atom. The Bertz CT molecular complexity index is 1920. The molecule has 0 saturated carbocycles. The standard InChI is InChI=1S/C31H29N3O9S/c1-5-41-28-22(7-6-8-24(28)40-4)27-26(30(36)42-16-15-39-3)18(2)32-31-33(27)29(35)25(44-31)17-21-13-14-23(43-21)19-9-11-20(12-10-19)34(37)38/h6-14,17,27H,5,15-16H2,1-4H3/b25-17+/t27-/m0/s1. The Balaban J connectivity index is 1.63. The van der Waals surface area contributed by atoms with Gasteiger partial charge in [0.2, 0.25) is 0 Å². The van der Waals surface area contributed by atoms with Crippen LogP contribution >= 0.6 is 11.3 Å². The molecule has 1 atom stereocenters. The third-order valence-corrected chi connectivity index (χ3v) is 7.82. The number of esters is 1. The number of carbonyl (C=O) groups is 1. The molecule has 0 aliphatic carbocycles. The summed E-state index contributed by atoms with van der Waals surface area (Å²) in [6.07, 6.45) is 1.60. The molecule has 2 aromatic carbocycles. The van der Waals surface area contributed by atoms with Crippen molar-refractivity contribution in [3.05, 3.63) is 107 Å². The van der Waals surface area contributed by atoms with E-state index < -0.39 is 22.5 Å². The molecule has 1 aliphatic heterocycles. The molecule has 4 aromatic rings. The van der Waals surface area contributed by atoms with Crippen LogP contribution in [0.4, 0.5) is 5.69 Å². The van der Waals surface area contributed by atoms with Crippen molar-refractivity contribution in [3.63, 3.8) is 0 Å². The minimum atomic E-state index is -0.924. The van der Waals surface area contributed by atoms with Crippen molar-refractivity contribution in [2.45, 2.75) is 19.9 Å². The van der Waals surface area contributed by atoms with Crippen LogP contribution in [-0.4, -0.2) is 49.5 Å². The van der Waals surface area contributed by atoms with Gasteiger partial charge in [-0.05, 0) is 44.2 Å². The van der Waals surface area contributed by atoms with Gasteiger partial charge in [-0.25, -0.2) is 9.79 Å². The molecule has 2 aromatic heterocycles. The molecule has 44 heavy (non-hydrogen) atoms. The Labute approximate surface area is 255 Å². The summed E-state index contributed by atoms with van der Waals surface area (Å²) in [4.78, 5) is 43.0. The zero-order valence-electron chi connectivity index (χ0n) is 24.4. The largest absolute Gasteiger partial charge is 0.493 e. The summed E-state index contributed by atoms with van der Waals surface area (Å²) < 4.78 is 29.8. The fourth-order valence-corrected chi connectivity index (χ4v) is 5.87. The molecule has 0 unspecified atom stereocenters. The summed E-state index contributed by atoms with van der Waals surface area (Å²) in [6, 6.07) is 13.7. The third kappa shape index (κ3) is 5.92. The Kier molecular flexibility index (Phi) is 9.07. The first-order valence-corrected chi connectivity index (χ1v) is 14.4. The summed E-state index contributed by atoms with van der Waals surface area (Å²) in [6.45, 7) is 4.07. The van der Waals surface area contributed by atoms with E-state index in [0.717, 1.165) is 11.3 Å². The quantitative estimate of drug-likeness (QED) is 0.105. The van der Waals surface area contributed by atoms with Crippen molar-refractivity contribution in [1.82, 2.24) is 4.57 Å². The first-order valence-electron chi connectivity index (χ1n) is 13.6. The molecule has 0 spiro atoms. The van der Waals surface area contributed by atoms with Crippen LogP contribution in [-0.2, 0) is 14.3 Å². The number of fused-ring (bicyclic) bond motifs is 1. The second-order valence-electron chi connectivity index (χ2n) is 9.53. The van der Waals surface area contributed by atoms with Gasteiger partial charge in [0.1, 0.15) is 24.2 Å². The number of rotatable bonds is 11. The van der Waals surface area contributed by atoms with Gasteiger partial charge in [0.15, 0.2) is 16.3 Å². The number of allylic oxidation sites excluding steroid dienone is 1. The number of thiazole rings is 1. The van der Waals surface area contributed by atoms with Crippen molar-refractivity contribution in [3.8, 4) is 22.8 Å². The van der Waals surface area contributed by atoms with E-state index in [-0.39, 0.29) is 24.5 Å². The second kappa shape index (κ2) is 13.1. The highest BCUT2D eigenvalue weighted by molar-refractivity contribution is 7.07. The molecule has 13 heteroatoms. The fourth-order valence-electron chi connectivity index (χ4n) is 4.84. The summed E-state index contributed by atoms with van der Waals surface area (Å²) in [5, 5.41) is 11.0. The maximum atomic E-state index is 14.0. The third-order valence-electron chi connectivity index (χ3n) is 6.84. The van der Waals surface area contributed by atoms with E-state index >= 15 is 0 Å². The van der Waals surface area contributed by atoms with E-state index in [1.807, 2.05) is 6.92 Å². The number of nitro benzene ring substituents is 1. The number of ether oxygens (including phenoxy) is 4. The van der Waals surface area contributed by atoms with Gasteiger partial charge in [0.25, 0.3) is 11.2 Å². The molecule has 0 saturated heterocycles. The number of nitro groups is 1. The van der Waals surface area contributed by atoms with Gasteiger partial charge >= 0.3 is 5.97 Å². The number of nitrogens with zero attached hydrogens (tertiary/aromatic N) is 3. The lowest BCUT2D eigenvalue weighted by Crippen LogP contribution is -2.40. The van der Waals surface area contributed by atoms with Crippen LogP contribution in [0.15, 0.2) is 80.1 Å². The molecule has 3 heterocycles. The average molecular weight is 620 g/mol. The van der Waals surface area contributed by atoms with Gasteiger partial charge in [-0.2, -0.15) is 0 Å². The van der Waals surface area contributed by atoms with Gasteiger partial charge in [-0.1, -0.05) is 23.5 Å². The normalized spacial score (nSPS) is 14.6. The van der Waals surface area contributed by atoms with Gasteiger partial charge in [0, 0.05) is 36.4 Å². The summed E-state index contributed by atoms with van der Waals surface area (Å²) >= 11 is 1.15. The van der Waals surface area contributed by atoms with E-state index in [0.29, 0.717) is 55.8 Å². The number of hydrogen-bond acceptors (Lipinski definition) is 11. The van der Waals surface area contributed by atoms with Crippen LogP contribution in [0.25, 0.3) is 17.4 Å². The van der Waals surface area contributed by atoms with Crippen LogP contribution in [0, 0.1) is 10.1 Å². The zero-order valence-corrected chi connectivity index (χ0v) is 25.2. The molecule has 0 amide bonds. The van der Waals surface area contributed by atoms with Crippen LogP contribution in [0.1, 0.15) is 31.2 Å². The number of furan rings is 1. The number of carbonyl (C=O) groups excluding carboxylic acids is 1. The number of benzene rings is 2. The molecule has 0 N–H and O–H groups in total. The highest BCUT2D eigenvalue weighted by Crippen LogP contribution is 2.40. The van der Waals surface area contributed by atoms with E-state index in [9.17, 15) is 19.7 Å². The lowest BCUT2D eigenvalue weighted by Gasteiger charge is -2.27. The Hall–Kier alpha value is -5.01. The Morgan fingerprint density at radius 1 is 1.14 bits per heavy atom. The van der Waals surface area contributed by atoms with Crippen LogP contribution in [0.5, 0.6) is 11.5 Å². The predicted octanol–water partition coefficient (Wildman–Crippen LogP) is 4.00. The van der Waals surface area contributed by atoms with Gasteiger partial charge in [-0.15, -0.1) is 0 Å². The number of para-hydroxylation sites is 1. The van der Waals surface area contributed by atoms with E-state index in [1.165, 1.54) is 30.9 Å². The zero-order chi connectivity index (χ0) is 31.4. The summed E-state index contributed by atoms with van der Waals surface area (Å²) in [7, 11) is 3.02. The lowest BCUT2D eigenvalue weighted by atomic mass is 9.94.